The van der Waals surface area contributed by atoms with Crippen LogP contribution in [-0.2, 0) is 17.1 Å². The van der Waals surface area contributed by atoms with Crippen molar-refractivity contribution in [3.05, 3.63) is 89.6 Å². The number of benzene rings is 2. The number of aromatic nitrogens is 1. The van der Waals surface area contributed by atoms with Crippen LogP contribution in [0.25, 0.3) is 0 Å². The Hall–Kier alpha value is -3.27. The minimum Gasteiger partial charge on any atom is -0.372 e. The van der Waals surface area contributed by atoms with Gasteiger partial charge >= 0.3 is 12.4 Å². The lowest BCUT2D eigenvalue weighted by molar-refractivity contribution is -0.143. The maximum atomic E-state index is 13.3. The number of anilines is 2. The lowest BCUT2D eigenvalue weighted by Gasteiger charge is -2.42. The molecule has 1 aliphatic heterocycles. The standard InChI is InChI=1S/C27H27F6N3O/c1-18(19-13-20(26(28,29)30)15-21(14-19)27(31,32)33)37-17-24-11-10-22(35-25-9-5-6-12-34-25)16-36(24)23-7-3-2-4-8-23/h2-9,12-15,18,22,24H,10-11,16-17H2,1H3,(H,34,35). The highest BCUT2D eigenvalue weighted by Gasteiger charge is 2.37. The molecule has 1 aromatic heterocycles. The van der Waals surface area contributed by atoms with Crippen LogP contribution in [-0.4, -0.2) is 30.2 Å². The molecule has 4 nitrogen and oxygen atoms in total. The Kier molecular flexibility index (Phi) is 7.96. The van der Waals surface area contributed by atoms with E-state index >= 15 is 0 Å². The first kappa shape index (κ1) is 26.8. The first-order chi connectivity index (χ1) is 17.5. The van der Waals surface area contributed by atoms with Crippen LogP contribution >= 0.6 is 0 Å². The van der Waals surface area contributed by atoms with Gasteiger partial charge in [0.2, 0.25) is 0 Å². The first-order valence-electron chi connectivity index (χ1n) is 11.9. The van der Waals surface area contributed by atoms with Crippen LogP contribution in [0.5, 0.6) is 0 Å². The summed E-state index contributed by atoms with van der Waals surface area (Å²) in [5, 5.41) is 3.43. The van der Waals surface area contributed by atoms with E-state index in [1.165, 1.54) is 6.92 Å². The smallest absolute Gasteiger partial charge is 0.372 e. The van der Waals surface area contributed by atoms with Crippen molar-refractivity contribution in [2.45, 2.75) is 50.3 Å². The van der Waals surface area contributed by atoms with E-state index in [4.69, 9.17) is 4.74 Å². The summed E-state index contributed by atoms with van der Waals surface area (Å²) in [4.78, 5) is 6.47. The number of alkyl halides is 6. The van der Waals surface area contributed by atoms with Crippen LogP contribution < -0.4 is 10.2 Å². The van der Waals surface area contributed by atoms with E-state index in [1.807, 2.05) is 48.5 Å². The molecule has 3 aromatic rings. The van der Waals surface area contributed by atoms with Gasteiger partial charge in [0.25, 0.3) is 0 Å². The van der Waals surface area contributed by atoms with Gasteiger partial charge < -0.3 is 15.0 Å². The summed E-state index contributed by atoms with van der Waals surface area (Å²) >= 11 is 0. The van der Waals surface area contributed by atoms with Crippen LogP contribution in [0.4, 0.5) is 37.8 Å². The van der Waals surface area contributed by atoms with E-state index in [-0.39, 0.29) is 30.3 Å². The van der Waals surface area contributed by atoms with Crippen molar-refractivity contribution < 1.29 is 31.1 Å². The van der Waals surface area contributed by atoms with Crippen molar-refractivity contribution in [2.75, 3.05) is 23.4 Å². The largest absolute Gasteiger partial charge is 0.416 e. The van der Waals surface area contributed by atoms with Crippen LogP contribution in [0.1, 0.15) is 42.6 Å². The summed E-state index contributed by atoms with van der Waals surface area (Å²) in [6, 6.07) is 16.8. The molecule has 3 unspecified atom stereocenters. The molecule has 2 aromatic carbocycles. The Morgan fingerprint density at radius 1 is 0.919 bits per heavy atom. The van der Waals surface area contributed by atoms with Crippen LogP contribution in [0.2, 0.25) is 0 Å². The van der Waals surface area contributed by atoms with Gasteiger partial charge in [-0.15, -0.1) is 0 Å². The van der Waals surface area contributed by atoms with E-state index < -0.39 is 29.6 Å². The lowest BCUT2D eigenvalue weighted by Crippen LogP contribution is -2.50. The van der Waals surface area contributed by atoms with Crippen LogP contribution in [0.15, 0.2) is 72.9 Å². The van der Waals surface area contributed by atoms with E-state index in [2.05, 4.69) is 15.2 Å². The molecule has 0 bridgehead atoms. The summed E-state index contributed by atoms with van der Waals surface area (Å²) in [5.74, 6) is 0.758. The SMILES string of the molecule is CC(OCC1CCC(Nc2ccccn2)CN1c1ccccc1)c1cc(C(F)(F)F)cc(C(F)(F)F)c1. The molecule has 10 heteroatoms. The summed E-state index contributed by atoms with van der Waals surface area (Å²) in [6.07, 6.45) is -7.56. The highest BCUT2D eigenvalue weighted by atomic mass is 19.4. The van der Waals surface area contributed by atoms with Gasteiger partial charge in [-0.25, -0.2) is 4.98 Å². The number of pyridine rings is 1. The fourth-order valence-corrected chi connectivity index (χ4v) is 4.48. The summed E-state index contributed by atoms with van der Waals surface area (Å²) in [6.45, 7) is 2.24. The fraction of sp³-hybridized carbons (Fsp3) is 0.370. The topological polar surface area (TPSA) is 37.4 Å². The van der Waals surface area contributed by atoms with E-state index in [1.54, 1.807) is 6.20 Å². The Balaban J connectivity index is 1.50. The molecule has 37 heavy (non-hydrogen) atoms. The summed E-state index contributed by atoms with van der Waals surface area (Å²) in [5.41, 5.74) is -1.91. The van der Waals surface area contributed by atoms with Gasteiger partial charge in [-0.3, -0.25) is 0 Å². The average molecular weight is 524 g/mol. The number of nitrogens with one attached hydrogen (secondary N) is 1. The van der Waals surface area contributed by atoms with Crippen LogP contribution in [0.3, 0.4) is 0 Å². The first-order valence-corrected chi connectivity index (χ1v) is 11.9. The average Bonchev–Trinajstić information content (AvgIpc) is 2.87. The number of hydrogen-bond donors (Lipinski definition) is 1. The van der Waals surface area contributed by atoms with Crippen molar-refractivity contribution >= 4 is 11.5 Å². The molecule has 4 rings (SSSR count). The minimum atomic E-state index is -4.90. The molecule has 3 atom stereocenters. The monoisotopic (exact) mass is 523 g/mol. The van der Waals surface area contributed by atoms with Crippen molar-refractivity contribution in [3.8, 4) is 0 Å². The third-order valence-electron chi connectivity index (χ3n) is 6.43. The number of piperidine rings is 1. The molecular weight excluding hydrogens is 496 g/mol. The predicted molar refractivity (Wildman–Crippen MR) is 129 cm³/mol. The molecule has 2 heterocycles. The van der Waals surface area contributed by atoms with Crippen molar-refractivity contribution in [3.63, 3.8) is 0 Å². The second kappa shape index (κ2) is 11.0. The maximum Gasteiger partial charge on any atom is 0.416 e. The zero-order valence-electron chi connectivity index (χ0n) is 20.1. The van der Waals surface area contributed by atoms with Gasteiger partial charge in [0.05, 0.1) is 29.9 Å². The molecule has 0 aliphatic carbocycles. The molecule has 0 saturated carbocycles. The Labute approximate surface area is 211 Å². The van der Waals surface area contributed by atoms with E-state index in [0.29, 0.717) is 13.0 Å². The lowest BCUT2D eigenvalue weighted by atomic mass is 9.97. The molecule has 0 amide bonds. The Bertz CT molecular complexity index is 1120. The minimum absolute atomic E-state index is 0.0987. The molecule has 1 fully saturated rings. The number of halogens is 6. The number of para-hydroxylation sites is 1. The van der Waals surface area contributed by atoms with Gasteiger partial charge in [-0.05, 0) is 67.8 Å². The molecule has 1 saturated heterocycles. The van der Waals surface area contributed by atoms with Gasteiger partial charge in [-0.2, -0.15) is 26.3 Å². The predicted octanol–water partition coefficient (Wildman–Crippen LogP) is 7.35. The van der Waals surface area contributed by atoms with Gasteiger partial charge in [-0.1, -0.05) is 24.3 Å². The summed E-state index contributed by atoms with van der Waals surface area (Å²) < 4.78 is 85.6. The number of hydrogen-bond acceptors (Lipinski definition) is 4. The zero-order chi connectivity index (χ0) is 26.6. The van der Waals surface area contributed by atoms with Gasteiger partial charge in [0, 0.05) is 24.5 Å². The van der Waals surface area contributed by atoms with E-state index in [9.17, 15) is 26.3 Å². The zero-order valence-corrected chi connectivity index (χ0v) is 20.1. The molecule has 0 spiro atoms. The third-order valence-corrected chi connectivity index (χ3v) is 6.43. The second-order valence-corrected chi connectivity index (χ2v) is 9.09. The quantitative estimate of drug-likeness (QED) is 0.329. The number of nitrogens with zero attached hydrogens (tertiary/aromatic N) is 2. The second-order valence-electron chi connectivity index (χ2n) is 9.09. The van der Waals surface area contributed by atoms with Crippen molar-refractivity contribution in [1.29, 1.82) is 0 Å². The highest BCUT2D eigenvalue weighted by Crippen LogP contribution is 2.38. The van der Waals surface area contributed by atoms with Crippen molar-refractivity contribution in [1.82, 2.24) is 4.98 Å². The van der Waals surface area contributed by atoms with E-state index in [0.717, 1.165) is 30.1 Å². The van der Waals surface area contributed by atoms with Crippen LogP contribution in [0, 0.1) is 0 Å². The Morgan fingerprint density at radius 2 is 1.57 bits per heavy atom. The third kappa shape index (κ3) is 6.94. The number of rotatable bonds is 7. The number of ether oxygens (including phenoxy) is 1. The molecule has 198 valence electrons. The summed E-state index contributed by atoms with van der Waals surface area (Å²) in [7, 11) is 0. The normalized spacial score (nSPS) is 19.5. The maximum absolute atomic E-state index is 13.3. The molecule has 0 radical (unpaired) electrons. The van der Waals surface area contributed by atoms with Crippen molar-refractivity contribution in [2.24, 2.45) is 0 Å². The van der Waals surface area contributed by atoms with Gasteiger partial charge in [0.1, 0.15) is 5.82 Å². The van der Waals surface area contributed by atoms with Gasteiger partial charge in [0.15, 0.2) is 0 Å². The molecule has 1 aliphatic rings. The highest BCUT2D eigenvalue weighted by molar-refractivity contribution is 5.49. The molecular formula is C27H27F6N3O. The fourth-order valence-electron chi connectivity index (χ4n) is 4.48. The molecule has 1 N–H and O–H groups in total. The Morgan fingerprint density at radius 3 is 2.16 bits per heavy atom.